The molecule has 0 aromatic carbocycles. The summed E-state index contributed by atoms with van der Waals surface area (Å²) >= 11 is 0. The number of pyridine rings is 1. The van der Waals surface area contributed by atoms with E-state index in [0.29, 0.717) is 0 Å². The van der Waals surface area contributed by atoms with Gasteiger partial charge in [0.1, 0.15) is 32.7 Å². The van der Waals surface area contributed by atoms with Crippen LogP contribution in [-0.4, -0.2) is 26.2 Å². The fourth-order valence-electron chi connectivity index (χ4n) is 2.78. The molecule has 0 aliphatic carbocycles. The Bertz CT molecular complexity index is 475. The molecule has 0 amide bonds. The summed E-state index contributed by atoms with van der Waals surface area (Å²) in [6.45, 7) is 7.05. The smallest absolute Gasteiger partial charge is 0.234 e. The Balaban J connectivity index is 1.47. The predicted octanol–water partition coefficient (Wildman–Crippen LogP) is -1.42. The number of aromatic amines is 1. The molecule has 0 bridgehead atoms. The molecule has 100 valence electrons. The lowest BCUT2D eigenvalue weighted by Crippen LogP contribution is -3.27. The first-order valence-electron chi connectivity index (χ1n) is 7.05. The molecule has 1 fully saturated rings. The van der Waals surface area contributed by atoms with Crippen LogP contribution in [0, 0.1) is 0 Å². The van der Waals surface area contributed by atoms with Crippen molar-refractivity contribution in [3.63, 3.8) is 0 Å². The van der Waals surface area contributed by atoms with Crippen LogP contribution >= 0.6 is 0 Å². The third-order valence-corrected chi connectivity index (χ3v) is 3.88. The molecule has 2 aromatic rings. The highest BCUT2D eigenvalue weighted by atomic mass is 16.3. The zero-order valence-electron chi connectivity index (χ0n) is 11.2. The van der Waals surface area contributed by atoms with Crippen molar-refractivity contribution in [3.8, 4) is 0 Å². The Labute approximate surface area is 113 Å². The lowest BCUT2D eigenvalue weighted by Gasteiger charge is -2.28. The Morgan fingerprint density at radius 1 is 0.947 bits per heavy atom. The van der Waals surface area contributed by atoms with Crippen molar-refractivity contribution in [2.45, 2.75) is 13.1 Å². The summed E-state index contributed by atoms with van der Waals surface area (Å²) in [7, 11) is 0. The lowest BCUT2D eigenvalue weighted by molar-refractivity contribution is -1.03. The largest absolute Gasteiger partial charge is 0.463 e. The molecule has 0 radical (unpaired) electrons. The van der Waals surface area contributed by atoms with E-state index in [0.717, 1.165) is 18.8 Å². The SMILES string of the molecule is c1ccc(C[NH+]2CC[NH+](Cc3ccco3)CC2)[nH+]c1. The quantitative estimate of drug-likeness (QED) is 0.695. The number of hydrogen-bond donors (Lipinski definition) is 2. The summed E-state index contributed by atoms with van der Waals surface area (Å²) in [5.74, 6) is 1.11. The number of hydrogen-bond acceptors (Lipinski definition) is 1. The minimum Gasteiger partial charge on any atom is -0.463 e. The standard InChI is InChI=1S/C15H19N3O/c1-2-6-16-14(4-1)12-17-7-9-18(10-8-17)13-15-5-3-11-19-15/h1-6,11H,7-10,12-13H2/p+3. The topological polar surface area (TPSA) is 36.2 Å². The van der Waals surface area contributed by atoms with E-state index in [1.54, 1.807) is 16.1 Å². The minimum atomic E-state index is 1.03. The number of furan rings is 1. The summed E-state index contributed by atoms with van der Waals surface area (Å²) < 4.78 is 5.43. The van der Waals surface area contributed by atoms with Gasteiger partial charge >= 0.3 is 0 Å². The molecule has 0 unspecified atom stereocenters. The summed E-state index contributed by atoms with van der Waals surface area (Å²) in [5, 5.41) is 0. The molecule has 3 heterocycles. The number of quaternary nitrogens is 2. The third-order valence-electron chi connectivity index (χ3n) is 3.88. The van der Waals surface area contributed by atoms with E-state index < -0.39 is 0 Å². The van der Waals surface area contributed by atoms with Crippen LogP contribution in [0.1, 0.15) is 11.5 Å². The van der Waals surface area contributed by atoms with Gasteiger partial charge in [0.25, 0.3) is 0 Å². The summed E-state index contributed by atoms with van der Waals surface area (Å²) in [5.41, 5.74) is 1.33. The van der Waals surface area contributed by atoms with E-state index in [1.165, 1.54) is 31.9 Å². The van der Waals surface area contributed by atoms with Gasteiger partial charge in [0.05, 0.1) is 6.26 Å². The van der Waals surface area contributed by atoms with E-state index in [-0.39, 0.29) is 0 Å². The maximum Gasteiger partial charge on any atom is 0.234 e. The highest BCUT2D eigenvalue weighted by Crippen LogP contribution is 1.96. The number of rotatable bonds is 4. The van der Waals surface area contributed by atoms with Crippen molar-refractivity contribution in [2.24, 2.45) is 0 Å². The summed E-state index contributed by atoms with van der Waals surface area (Å²) in [6, 6.07) is 10.4. The molecule has 1 aliphatic heterocycles. The Morgan fingerprint density at radius 2 is 1.74 bits per heavy atom. The Hall–Kier alpha value is -1.65. The number of H-pyrrole nitrogens is 1. The monoisotopic (exact) mass is 260 g/mol. The van der Waals surface area contributed by atoms with Gasteiger partial charge in [0.2, 0.25) is 5.69 Å². The van der Waals surface area contributed by atoms with Crippen LogP contribution in [0.15, 0.2) is 47.2 Å². The molecule has 0 spiro atoms. The van der Waals surface area contributed by atoms with Gasteiger partial charge in [-0.3, -0.25) is 0 Å². The molecule has 3 rings (SSSR count). The predicted molar refractivity (Wildman–Crippen MR) is 70.5 cm³/mol. The molecule has 2 aromatic heterocycles. The Morgan fingerprint density at radius 3 is 2.37 bits per heavy atom. The second-order valence-corrected chi connectivity index (χ2v) is 5.32. The third kappa shape index (κ3) is 3.43. The van der Waals surface area contributed by atoms with Crippen LogP contribution in [0.25, 0.3) is 0 Å². The van der Waals surface area contributed by atoms with Crippen LogP contribution in [0.3, 0.4) is 0 Å². The zero-order chi connectivity index (χ0) is 12.9. The summed E-state index contributed by atoms with van der Waals surface area (Å²) in [4.78, 5) is 6.63. The molecular formula is C15H22N3O+3. The highest BCUT2D eigenvalue weighted by Gasteiger charge is 2.24. The maximum atomic E-state index is 5.43. The van der Waals surface area contributed by atoms with Gasteiger partial charge in [0.15, 0.2) is 18.5 Å². The molecule has 1 saturated heterocycles. The van der Waals surface area contributed by atoms with Gasteiger partial charge in [-0.25, -0.2) is 4.98 Å². The van der Waals surface area contributed by atoms with E-state index in [1.807, 2.05) is 18.3 Å². The van der Waals surface area contributed by atoms with Gasteiger partial charge in [-0.2, -0.15) is 0 Å². The molecule has 19 heavy (non-hydrogen) atoms. The normalized spacial score (nSPS) is 23.4. The van der Waals surface area contributed by atoms with Crippen molar-refractivity contribution in [1.82, 2.24) is 0 Å². The molecule has 4 nitrogen and oxygen atoms in total. The fraction of sp³-hybridized carbons (Fsp3) is 0.400. The van der Waals surface area contributed by atoms with E-state index in [2.05, 4.69) is 23.2 Å². The molecule has 0 saturated carbocycles. The minimum absolute atomic E-state index is 1.03. The van der Waals surface area contributed by atoms with Crippen molar-refractivity contribution >= 4 is 0 Å². The average Bonchev–Trinajstić information content (AvgIpc) is 2.95. The van der Waals surface area contributed by atoms with Crippen molar-refractivity contribution in [3.05, 3.63) is 54.2 Å². The first-order chi connectivity index (χ1) is 9.40. The van der Waals surface area contributed by atoms with E-state index in [4.69, 9.17) is 4.42 Å². The van der Waals surface area contributed by atoms with Crippen molar-refractivity contribution in [2.75, 3.05) is 26.2 Å². The van der Waals surface area contributed by atoms with Gasteiger partial charge < -0.3 is 14.2 Å². The fourth-order valence-corrected chi connectivity index (χ4v) is 2.78. The zero-order valence-corrected chi connectivity index (χ0v) is 11.2. The van der Waals surface area contributed by atoms with Crippen LogP contribution in [0.2, 0.25) is 0 Å². The second-order valence-electron chi connectivity index (χ2n) is 5.32. The molecule has 0 atom stereocenters. The summed E-state index contributed by atoms with van der Waals surface area (Å²) in [6.07, 6.45) is 3.77. The van der Waals surface area contributed by atoms with Crippen LogP contribution in [0.4, 0.5) is 0 Å². The van der Waals surface area contributed by atoms with Gasteiger partial charge in [-0.15, -0.1) is 0 Å². The van der Waals surface area contributed by atoms with Gasteiger partial charge in [-0.05, 0) is 18.2 Å². The molecule has 4 heteroatoms. The molecule has 1 aliphatic rings. The first kappa shape index (κ1) is 12.4. The number of nitrogens with one attached hydrogen (secondary N) is 3. The number of piperazine rings is 1. The first-order valence-corrected chi connectivity index (χ1v) is 7.05. The van der Waals surface area contributed by atoms with Crippen molar-refractivity contribution < 1.29 is 19.2 Å². The number of aromatic nitrogens is 1. The maximum absolute atomic E-state index is 5.43. The Kier molecular flexibility index (Phi) is 3.91. The van der Waals surface area contributed by atoms with Gasteiger partial charge in [-0.1, -0.05) is 0 Å². The molecular weight excluding hydrogens is 238 g/mol. The van der Waals surface area contributed by atoms with E-state index >= 15 is 0 Å². The van der Waals surface area contributed by atoms with Gasteiger partial charge in [0, 0.05) is 12.1 Å². The van der Waals surface area contributed by atoms with Crippen LogP contribution in [-0.2, 0) is 13.1 Å². The highest BCUT2D eigenvalue weighted by molar-refractivity contribution is 4.96. The van der Waals surface area contributed by atoms with Crippen LogP contribution in [0.5, 0.6) is 0 Å². The van der Waals surface area contributed by atoms with Crippen LogP contribution < -0.4 is 14.8 Å². The van der Waals surface area contributed by atoms with E-state index in [9.17, 15) is 0 Å². The second kappa shape index (κ2) is 5.99. The lowest BCUT2D eigenvalue weighted by atomic mass is 10.2. The van der Waals surface area contributed by atoms with Crippen molar-refractivity contribution in [1.29, 1.82) is 0 Å². The average molecular weight is 260 g/mol. The molecule has 3 N–H and O–H groups in total.